The Kier molecular flexibility index (Phi) is 5.28. The lowest BCUT2D eigenvalue weighted by Gasteiger charge is -2.18. The highest BCUT2D eigenvalue weighted by molar-refractivity contribution is 9.10. The third-order valence-corrected chi connectivity index (χ3v) is 2.48. The van der Waals surface area contributed by atoms with E-state index in [4.69, 9.17) is 4.74 Å². The molecular weight excluding hydrogens is 315 g/mol. The molecule has 7 heteroatoms. The molecule has 1 unspecified atom stereocenters. The summed E-state index contributed by atoms with van der Waals surface area (Å²) in [7, 11) is 1.52. The van der Waals surface area contributed by atoms with Crippen molar-refractivity contribution in [2.24, 2.45) is 0 Å². The van der Waals surface area contributed by atoms with Crippen LogP contribution in [-0.2, 0) is 4.74 Å². The van der Waals surface area contributed by atoms with Crippen molar-refractivity contribution < 1.29 is 22.6 Å². The van der Waals surface area contributed by atoms with Crippen LogP contribution in [0.5, 0.6) is 5.75 Å². The number of nitrogens with one attached hydrogen (secondary N) is 1. The van der Waals surface area contributed by atoms with E-state index in [0.29, 0.717) is 11.1 Å². The summed E-state index contributed by atoms with van der Waals surface area (Å²) in [5.41, 5.74) is 0.264. The van der Waals surface area contributed by atoms with Gasteiger partial charge in [0.1, 0.15) is 0 Å². The standard InChI is InChI=1S/C11H13BrF3NO2/c1-7(6-17-2)16-9-4-3-8(12)5-10(9)18-11(13,14)15/h3-5,7,16H,6H2,1-2H3. The van der Waals surface area contributed by atoms with Gasteiger partial charge in [0.15, 0.2) is 5.75 Å². The molecule has 18 heavy (non-hydrogen) atoms. The average Bonchev–Trinajstić information content (AvgIpc) is 2.20. The van der Waals surface area contributed by atoms with Crippen LogP contribution in [0.2, 0.25) is 0 Å². The molecule has 1 rings (SSSR count). The Labute approximate surface area is 111 Å². The van der Waals surface area contributed by atoms with Crippen molar-refractivity contribution in [1.29, 1.82) is 0 Å². The number of alkyl halides is 3. The molecule has 0 aliphatic heterocycles. The highest BCUT2D eigenvalue weighted by Gasteiger charge is 2.32. The second kappa shape index (κ2) is 6.29. The molecule has 0 fully saturated rings. The lowest BCUT2D eigenvalue weighted by atomic mass is 10.2. The summed E-state index contributed by atoms with van der Waals surface area (Å²) < 4.78 is 46.1. The van der Waals surface area contributed by atoms with Crippen LogP contribution in [-0.4, -0.2) is 26.1 Å². The first-order valence-electron chi connectivity index (χ1n) is 5.12. The second-order valence-corrected chi connectivity index (χ2v) is 4.60. The third-order valence-electron chi connectivity index (χ3n) is 1.99. The molecule has 0 bridgehead atoms. The SMILES string of the molecule is COCC(C)Nc1ccc(Br)cc1OC(F)(F)F. The van der Waals surface area contributed by atoms with Crippen LogP contribution >= 0.6 is 15.9 Å². The van der Waals surface area contributed by atoms with Gasteiger partial charge in [-0.25, -0.2) is 0 Å². The fraction of sp³-hybridized carbons (Fsp3) is 0.455. The van der Waals surface area contributed by atoms with E-state index >= 15 is 0 Å². The van der Waals surface area contributed by atoms with Gasteiger partial charge < -0.3 is 14.8 Å². The summed E-state index contributed by atoms with van der Waals surface area (Å²) in [6.45, 7) is 2.17. The van der Waals surface area contributed by atoms with E-state index in [-0.39, 0.29) is 17.5 Å². The van der Waals surface area contributed by atoms with Crippen LogP contribution in [0.3, 0.4) is 0 Å². The van der Waals surface area contributed by atoms with E-state index in [1.165, 1.54) is 19.2 Å². The van der Waals surface area contributed by atoms with Crippen LogP contribution < -0.4 is 10.1 Å². The Morgan fingerprint density at radius 2 is 2.06 bits per heavy atom. The van der Waals surface area contributed by atoms with Crippen molar-refractivity contribution >= 4 is 21.6 Å². The number of rotatable bonds is 5. The zero-order valence-electron chi connectivity index (χ0n) is 9.84. The Morgan fingerprint density at radius 3 is 2.61 bits per heavy atom. The van der Waals surface area contributed by atoms with Gasteiger partial charge in [-0.15, -0.1) is 13.2 Å². The highest BCUT2D eigenvalue weighted by atomic mass is 79.9. The molecule has 0 amide bonds. The topological polar surface area (TPSA) is 30.5 Å². The van der Waals surface area contributed by atoms with E-state index < -0.39 is 6.36 Å². The molecule has 0 aromatic heterocycles. The number of hydrogen-bond acceptors (Lipinski definition) is 3. The van der Waals surface area contributed by atoms with Gasteiger partial charge in [0.25, 0.3) is 0 Å². The van der Waals surface area contributed by atoms with Crippen molar-refractivity contribution in [2.45, 2.75) is 19.3 Å². The minimum absolute atomic E-state index is 0.133. The molecule has 0 saturated heterocycles. The van der Waals surface area contributed by atoms with Crippen molar-refractivity contribution in [1.82, 2.24) is 0 Å². The van der Waals surface area contributed by atoms with Crippen molar-refractivity contribution in [3.8, 4) is 5.75 Å². The van der Waals surface area contributed by atoms with Crippen LogP contribution in [0.25, 0.3) is 0 Å². The summed E-state index contributed by atoms with van der Waals surface area (Å²) in [6, 6.07) is 4.27. The largest absolute Gasteiger partial charge is 0.573 e. The van der Waals surface area contributed by atoms with E-state index in [1.54, 1.807) is 13.0 Å². The molecule has 3 nitrogen and oxygen atoms in total. The van der Waals surface area contributed by atoms with Crippen LogP contribution in [0.15, 0.2) is 22.7 Å². The first-order valence-corrected chi connectivity index (χ1v) is 5.92. The summed E-state index contributed by atoms with van der Waals surface area (Å²) in [4.78, 5) is 0. The Balaban J connectivity index is 2.89. The Bertz CT molecular complexity index is 398. The number of anilines is 1. The minimum Gasteiger partial charge on any atom is -0.404 e. The minimum atomic E-state index is -4.72. The second-order valence-electron chi connectivity index (χ2n) is 3.69. The van der Waals surface area contributed by atoms with Gasteiger partial charge in [-0.2, -0.15) is 0 Å². The molecule has 0 heterocycles. The zero-order chi connectivity index (χ0) is 13.8. The molecule has 1 N–H and O–H groups in total. The number of halogens is 4. The average molecular weight is 328 g/mol. The lowest BCUT2D eigenvalue weighted by molar-refractivity contribution is -0.274. The Morgan fingerprint density at radius 1 is 1.39 bits per heavy atom. The van der Waals surface area contributed by atoms with Crippen molar-refractivity contribution in [2.75, 3.05) is 19.0 Å². The number of methoxy groups -OCH3 is 1. The number of benzene rings is 1. The lowest BCUT2D eigenvalue weighted by Crippen LogP contribution is -2.23. The van der Waals surface area contributed by atoms with Gasteiger partial charge in [-0.1, -0.05) is 15.9 Å². The number of ether oxygens (including phenoxy) is 2. The number of hydrogen-bond donors (Lipinski definition) is 1. The quantitative estimate of drug-likeness (QED) is 0.892. The van der Waals surface area contributed by atoms with E-state index in [2.05, 4.69) is 26.0 Å². The Hall–Kier alpha value is -0.950. The normalized spacial score (nSPS) is 13.2. The molecule has 0 aliphatic rings. The van der Waals surface area contributed by atoms with Crippen molar-refractivity contribution in [3.63, 3.8) is 0 Å². The molecule has 0 aliphatic carbocycles. The fourth-order valence-corrected chi connectivity index (χ4v) is 1.72. The van der Waals surface area contributed by atoms with Gasteiger partial charge in [-0.3, -0.25) is 0 Å². The van der Waals surface area contributed by atoms with Gasteiger partial charge in [0, 0.05) is 17.6 Å². The van der Waals surface area contributed by atoms with Crippen LogP contribution in [0.1, 0.15) is 6.92 Å². The van der Waals surface area contributed by atoms with Crippen LogP contribution in [0, 0.1) is 0 Å². The van der Waals surface area contributed by atoms with Gasteiger partial charge in [0.2, 0.25) is 0 Å². The first kappa shape index (κ1) is 15.1. The molecule has 0 saturated carbocycles. The van der Waals surface area contributed by atoms with Gasteiger partial charge in [-0.05, 0) is 25.1 Å². The predicted octanol–water partition coefficient (Wildman–Crippen LogP) is 3.79. The van der Waals surface area contributed by atoms with Gasteiger partial charge in [0.05, 0.1) is 12.3 Å². The first-order chi connectivity index (χ1) is 8.31. The van der Waals surface area contributed by atoms with E-state index in [1.807, 2.05) is 0 Å². The molecule has 102 valence electrons. The summed E-state index contributed by atoms with van der Waals surface area (Å²) in [6.07, 6.45) is -4.72. The fourth-order valence-electron chi connectivity index (χ4n) is 1.38. The summed E-state index contributed by atoms with van der Waals surface area (Å²) >= 11 is 3.10. The third kappa shape index (κ3) is 5.14. The molecule has 0 radical (unpaired) electrons. The maximum atomic E-state index is 12.2. The monoisotopic (exact) mass is 327 g/mol. The van der Waals surface area contributed by atoms with Crippen LogP contribution in [0.4, 0.5) is 18.9 Å². The van der Waals surface area contributed by atoms with Crippen molar-refractivity contribution in [3.05, 3.63) is 22.7 Å². The van der Waals surface area contributed by atoms with E-state index in [9.17, 15) is 13.2 Å². The smallest absolute Gasteiger partial charge is 0.404 e. The zero-order valence-corrected chi connectivity index (χ0v) is 11.4. The molecule has 1 aromatic carbocycles. The molecule has 1 aromatic rings. The molecular formula is C11H13BrF3NO2. The molecule has 1 atom stereocenters. The predicted molar refractivity (Wildman–Crippen MR) is 65.8 cm³/mol. The summed E-state index contributed by atoms with van der Waals surface area (Å²) in [5, 5.41) is 2.89. The maximum absolute atomic E-state index is 12.2. The summed E-state index contributed by atoms with van der Waals surface area (Å²) in [5.74, 6) is -0.278. The van der Waals surface area contributed by atoms with E-state index in [0.717, 1.165) is 0 Å². The van der Waals surface area contributed by atoms with Gasteiger partial charge >= 0.3 is 6.36 Å². The highest BCUT2D eigenvalue weighted by Crippen LogP contribution is 2.33. The molecule has 0 spiro atoms. The maximum Gasteiger partial charge on any atom is 0.573 e.